The van der Waals surface area contributed by atoms with E-state index in [0.29, 0.717) is 18.0 Å². The normalized spacial score (nSPS) is 19.6. The van der Waals surface area contributed by atoms with Gasteiger partial charge in [-0.15, -0.1) is 0 Å². The molecule has 0 unspecified atom stereocenters. The average molecular weight is 291 g/mol. The van der Waals surface area contributed by atoms with E-state index in [1.165, 1.54) is 0 Å². The number of hydrogen-bond donors (Lipinski definition) is 1. The van der Waals surface area contributed by atoms with Crippen molar-refractivity contribution in [3.8, 4) is 0 Å². The van der Waals surface area contributed by atoms with E-state index in [1.54, 1.807) is 0 Å². The SMILES string of the molecule is CC(C)C[C@@H](NC[C@H](C)N1CCOCC1)c1ccccn1. The van der Waals surface area contributed by atoms with Gasteiger partial charge in [-0.3, -0.25) is 9.88 Å². The Morgan fingerprint density at radius 3 is 2.62 bits per heavy atom. The molecule has 1 aromatic rings. The van der Waals surface area contributed by atoms with Crippen LogP contribution < -0.4 is 5.32 Å². The Morgan fingerprint density at radius 1 is 1.24 bits per heavy atom. The summed E-state index contributed by atoms with van der Waals surface area (Å²) in [4.78, 5) is 7.03. The van der Waals surface area contributed by atoms with Crippen LogP contribution in [0.1, 0.15) is 38.9 Å². The first-order valence-corrected chi connectivity index (χ1v) is 8.13. The van der Waals surface area contributed by atoms with Crippen LogP contribution in [0, 0.1) is 5.92 Å². The Kier molecular flexibility index (Phi) is 6.61. The molecule has 1 aromatic heterocycles. The van der Waals surface area contributed by atoms with Gasteiger partial charge in [0, 0.05) is 37.9 Å². The van der Waals surface area contributed by atoms with E-state index in [-0.39, 0.29) is 0 Å². The van der Waals surface area contributed by atoms with Crippen molar-refractivity contribution in [2.45, 2.75) is 39.3 Å². The van der Waals surface area contributed by atoms with E-state index >= 15 is 0 Å². The fourth-order valence-electron chi connectivity index (χ4n) is 2.82. The van der Waals surface area contributed by atoms with E-state index in [4.69, 9.17) is 4.74 Å². The summed E-state index contributed by atoms with van der Waals surface area (Å²) in [7, 11) is 0. The van der Waals surface area contributed by atoms with E-state index in [1.807, 2.05) is 12.3 Å². The van der Waals surface area contributed by atoms with Crippen LogP contribution in [-0.2, 0) is 4.74 Å². The van der Waals surface area contributed by atoms with Crippen molar-refractivity contribution in [3.05, 3.63) is 30.1 Å². The third-order valence-electron chi connectivity index (χ3n) is 4.08. The zero-order valence-corrected chi connectivity index (χ0v) is 13.6. The summed E-state index contributed by atoms with van der Waals surface area (Å²) in [6.45, 7) is 11.6. The van der Waals surface area contributed by atoms with Crippen LogP contribution in [0.4, 0.5) is 0 Å². The summed E-state index contributed by atoms with van der Waals surface area (Å²) >= 11 is 0. The average Bonchev–Trinajstić information content (AvgIpc) is 2.52. The predicted octanol–water partition coefficient (Wildman–Crippen LogP) is 2.48. The Bertz CT molecular complexity index is 390. The molecular weight excluding hydrogens is 262 g/mol. The number of rotatable bonds is 7. The molecule has 4 heteroatoms. The van der Waals surface area contributed by atoms with Crippen molar-refractivity contribution in [3.63, 3.8) is 0 Å². The van der Waals surface area contributed by atoms with Gasteiger partial charge >= 0.3 is 0 Å². The molecule has 0 aliphatic carbocycles. The zero-order valence-electron chi connectivity index (χ0n) is 13.6. The number of morpholine rings is 1. The minimum absolute atomic E-state index is 0.342. The summed E-state index contributed by atoms with van der Waals surface area (Å²) in [5, 5.41) is 3.72. The molecular formula is C17H29N3O. The smallest absolute Gasteiger partial charge is 0.0594 e. The van der Waals surface area contributed by atoms with Gasteiger partial charge in [-0.05, 0) is 31.4 Å². The number of aromatic nitrogens is 1. The second-order valence-corrected chi connectivity index (χ2v) is 6.34. The molecule has 2 atom stereocenters. The van der Waals surface area contributed by atoms with Gasteiger partial charge < -0.3 is 10.1 Å². The molecule has 0 radical (unpaired) electrons. The molecule has 1 saturated heterocycles. The minimum atomic E-state index is 0.342. The van der Waals surface area contributed by atoms with Crippen LogP contribution in [0.15, 0.2) is 24.4 Å². The van der Waals surface area contributed by atoms with Crippen LogP contribution in [-0.4, -0.2) is 48.8 Å². The fourth-order valence-corrected chi connectivity index (χ4v) is 2.82. The van der Waals surface area contributed by atoms with Crippen molar-refractivity contribution in [1.29, 1.82) is 0 Å². The van der Waals surface area contributed by atoms with Crippen LogP contribution in [0.5, 0.6) is 0 Å². The number of pyridine rings is 1. The Labute approximate surface area is 128 Å². The predicted molar refractivity (Wildman–Crippen MR) is 86.3 cm³/mol. The summed E-state index contributed by atoms with van der Waals surface area (Å²) in [5.41, 5.74) is 1.15. The molecule has 2 rings (SSSR count). The molecule has 0 saturated carbocycles. The second kappa shape index (κ2) is 8.47. The molecule has 2 heterocycles. The highest BCUT2D eigenvalue weighted by Gasteiger charge is 2.19. The Balaban J connectivity index is 1.89. The van der Waals surface area contributed by atoms with Gasteiger partial charge in [0.05, 0.1) is 18.9 Å². The molecule has 0 spiro atoms. The monoisotopic (exact) mass is 291 g/mol. The van der Waals surface area contributed by atoms with Crippen LogP contribution in [0.3, 0.4) is 0 Å². The lowest BCUT2D eigenvalue weighted by molar-refractivity contribution is 0.0197. The molecule has 1 N–H and O–H groups in total. The van der Waals surface area contributed by atoms with E-state index in [9.17, 15) is 0 Å². The third-order valence-corrected chi connectivity index (χ3v) is 4.08. The molecule has 4 nitrogen and oxygen atoms in total. The van der Waals surface area contributed by atoms with Gasteiger partial charge in [-0.25, -0.2) is 0 Å². The fraction of sp³-hybridized carbons (Fsp3) is 0.706. The molecule has 1 fully saturated rings. The maximum Gasteiger partial charge on any atom is 0.0594 e. The van der Waals surface area contributed by atoms with E-state index in [0.717, 1.165) is 45.0 Å². The maximum atomic E-state index is 5.43. The summed E-state index contributed by atoms with van der Waals surface area (Å²) < 4.78 is 5.43. The quantitative estimate of drug-likeness (QED) is 0.837. The minimum Gasteiger partial charge on any atom is -0.379 e. The van der Waals surface area contributed by atoms with Gasteiger partial charge in [0.15, 0.2) is 0 Å². The lowest BCUT2D eigenvalue weighted by Gasteiger charge is -2.33. The zero-order chi connectivity index (χ0) is 15.1. The standard InChI is InChI=1S/C17H29N3O/c1-14(2)12-17(16-6-4-5-7-18-16)19-13-15(3)20-8-10-21-11-9-20/h4-7,14-15,17,19H,8-13H2,1-3H3/t15-,17+/m0/s1. The Morgan fingerprint density at radius 2 is 2.00 bits per heavy atom. The highest BCUT2D eigenvalue weighted by Crippen LogP contribution is 2.19. The molecule has 1 aliphatic heterocycles. The van der Waals surface area contributed by atoms with Gasteiger partial charge in [-0.1, -0.05) is 19.9 Å². The van der Waals surface area contributed by atoms with Crippen LogP contribution >= 0.6 is 0 Å². The van der Waals surface area contributed by atoms with Gasteiger partial charge in [0.25, 0.3) is 0 Å². The summed E-state index contributed by atoms with van der Waals surface area (Å²) in [6, 6.07) is 7.05. The van der Waals surface area contributed by atoms with Crippen molar-refractivity contribution in [1.82, 2.24) is 15.2 Å². The molecule has 1 aliphatic rings. The van der Waals surface area contributed by atoms with E-state index < -0.39 is 0 Å². The van der Waals surface area contributed by atoms with Gasteiger partial charge in [-0.2, -0.15) is 0 Å². The van der Waals surface area contributed by atoms with Gasteiger partial charge in [0.2, 0.25) is 0 Å². The van der Waals surface area contributed by atoms with Crippen molar-refractivity contribution in [2.24, 2.45) is 5.92 Å². The third kappa shape index (κ3) is 5.38. The Hall–Kier alpha value is -0.970. The van der Waals surface area contributed by atoms with Crippen LogP contribution in [0.25, 0.3) is 0 Å². The number of hydrogen-bond acceptors (Lipinski definition) is 4. The molecule has 118 valence electrons. The first kappa shape index (κ1) is 16.4. The summed E-state index contributed by atoms with van der Waals surface area (Å²) in [5.74, 6) is 0.656. The van der Waals surface area contributed by atoms with Crippen LogP contribution in [0.2, 0.25) is 0 Å². The lowest BCUT2D eigenvalue weighted by Crippen LogP contribution is -2.47. The second-order valence-electron chi connectivity index (χ2n) is 6.34. The largest absolute Gasteiger partial charge is 0.379 e. The van der Waals surface area contributed by atoms with Crippen molar-refractivity contribution < 1.29 is 4.74 Å². The lowest BCUT2D eigenvalue weighted by atomic mass is 10.0. The number of ether oxygens (including phenoxy) is 1. The van der Waals surface area contributed by atoms with Gasteiger partial charge in [0.1, 0.15) is 0 Å². The first-order chi connectivity index (χ1) is 10.2. The highest BCUT2D eigenvalue weighted by molar-refractivity contribution is 5.08. The van der Waals surface area contributed by atoms with Crippen molar-refractivity contribution >= 4 is 0 Å². The molecule has 0 aromatic carbocycles. The van der Waals surface area contributed by atoms with Crippen molar-refractivity contribution in [2.75, 3.05) is 32.8 Å². The maximum absolute atomic E-state index is 5.43. The summed E-state index contributed by atoms with van der Waals surface area (Å²) in [6.07, 6.45) is 3.00. The highest BCUT2D eigenvalue weighted by atomic mass is 16.5. The first-order valence-electron chi connectivity index (χ1n) is 8.13. The number of nitrogens with one attached hydrogen (secondary N) is 1. The van der Waals surface area contributed by atoms with E-state index in [2.05, 4.69) is 48.1 Å². The topological polar surface area (TPSA) is 37.4 Å². The number of nitrogens with zero attached hydrogens (tertiary/aromatic N) is 2. The molecule has 0 amide bonds. The molecule has 21 heavy (non-hydrogen) atoms. The molecule has 0 bridgehead atoms.